The smallest absolute Gasteiger partial charge is 0.231 e. The van der Waals surface area contributed by atoms with Crippen molar-refractivity contribution >= 4 is 11.6 Å². The summed E-state index contributed by atoms with van der Waals surface area (Å²) in [5, 5.41) is 6.43. The van der Waals surface area contributed by atoms with E-state index in [0.29, 0.717) is 0 Å². The van der Waals surface area contributed by atoms with E-state index in [-0.39, 0.29) is 11.3 Å². The molecule has 4 nitrogen and oxygen atoms in total. The van der Waals surface area contributed by atoms with E-state index in [1.807, 2.05) is 13.0 Å². The molecule has 0 aromatic carbocycles. The molecule has 1 saturated heterocycles. The number of nitrogens with one attached hydrogen (secondary N) is 2. The summed E-state index contributed by atoms with van der Waals surface area (Å²) in [5.41, 5.74) is 1.63. The summed E-state index contributed by atoms with van der Waals surface area (Å²) in [4.78, 5) is 16.7. The molecule has 1 aliphatic rings. The van der Waals surface area contributed by atoms with Crippen molar-refractivity contribution in [1.82, 2.24) is 10.3 Å². The van der Waals surface area contributed by atoms with Gasteiger partial charge in [-0.15, -0.1) is 0 Å². The topological polar surface area (TPSA) is 54.0 Å². The standard InChI is InChI=1S/C15H23N3O/c1-3-6-15(7-4-8-17-11-15)14(19)18-13-10-16-9-5-12(13)2/h5,9-10,17H,3-4,6-8,11H2,1-2H3,(H,18,19). The Balaban J connectivity index is 2.14. The Bertz CT molecular complexity index is 433. The van der Waals surface area contributed by atoms with Crippen LogP contribution in [0.2, 0.25) is 0 Å². The van der Waals surface area contributed by atoms with Crippen LogP contribution in [0, 0.1) is 12.3 Å². The molecule has 1 unspecified atom stereocenters. The third kappa shape index (κ3) is 3.13. The number of carbonyl (C=O) groups is 1. The van der Waals surface area contributed by atoms with Gasteiger partial charge in [-0.3, -0.25) is 9.78 Å². The predicted molar refractivity (Wildman–Crippen MR) is 77.0 cm³/mol. The number of hydrogen-bond acceptors (Lipinski definition) is 3. The van der Waals surface area contributed by atoms with Crippen LogP contribution >= 0.6 is 0 Å². The Hall–Kier alpha value is -1.42. The van der Waals surface area contributed by atoms with Gasteiger partial charge < -0.3 is 10.6 Å². The Kier molecular flexibility index (Phi) is 4.53. The highest BCUT2D eigenvalue weighted by molar-refractivity contribution is 5.96. The van der Waals surface area contributed by atoms with Crippen LogP contribution in [0.4, 0.5) is 5.69 Å². The van der Waals surface area contributed by atoms with Gasteiger partial charge in [-0.05, 0) is 44.4 Å². The highest BCUT2D eigenvalue weighted by atomic mass is 16.2. The number of anilines is 1. The number of nitrogens with zero attached hydrogens (tertiary/aromatic N) is 1. The van der Waals surface area contributed by atoms with Gasteiger partial charge in [0.2, 0.25) is 5.91 Å². The number of pyridine rings is 1. The number of amides is 1. The summed E-state index contributed by atoms with van der Waals surface area (Å²) < 4.78 is 0. The summed E-state index contributed by atoms with van der Waals surface area (Å²) in [7, 11) is 0. The van der Waals surface area contributed by atoms with Gasteiger partial charge in [0.25, 0.3) is 0 Å². The van der Waals surface area contributed by atoms with Crippen LogP contribution in [0.25, 0.3) is 0 Å². The molecule has 1 aliphatic heterocycles. The number of aryl methyl sites for hydroxylation is 1. The Morgan fingerprint density at radius 2 is 2.42 bits per heavy atom. The lowest BCUT2D eigenvalue weighted by Crippen LogP contribution is -2.48. The normalized spacial score (nSPS) is 23.1. The summed E-state index contributed by atoms with van der Waals surface area (Å²) >= 11 is 0. The molecular formula is C15H23N3O. The third-order valence-corrected chi connectivity index (χ3v) is 3.97. The van der Waals surface area contributed by atoms with E-state index in [2.05, 4.69) is 22.5 Å². The van der Waals surface area contributed by atoms with Crippen molar-refractivity contribution < 1.29 is 4.79 Å². The van der Waals surface area contributed by atoms with Crippen LogP contribution in [0.5, 0.6) is 0 Å². The monoisotopic (exact) mass is 261 g/mol. The van der Waals surface area contributed by atoms with E-state index < -0.39 is 0 Å². The van der Waals surface area contributed by atoms with Crippen molar-refractivity contribution in [3.8, 4) is 0 Å². The first kappa shape index (κ1) is 14.0. The quantitative estimate of drug-likeness (QED) is 0.875. The molecule has 2 heterocycles. The molecule has 104 valence electrons. The van der Waals surface area contributed by atoms with Gasteiger partial charge in [0.1, 0.15) is 0 Å². The van der Waals surface area contributed by atoms with Gasteiger partial charge in [-0.2, -0.15) is 0 Å². The van der Waals surface area contributed by atoms with Gasteiger partial charge in [-0.25, -0.2) is 0 Å². The summed E-state index contributed by atoms with van der Waals surface area (Å²) in [5.74, 6) is 0.137. The first-order valence-electron chi connectivity index (χ1n) is 7.11. The minimum absolute atomic E-state index is 0.137. The average Bonchev–Trinajstić information content (AvgIpc) is 2.42. The zero-order valence-electron chi connectivity index (χ0n) is 11.8. The molecule has 4 heteroatoms. The third-order valence-electron chi connectivity index (χ3n) is 3.97. The Morgan fingerprint density at radius 1 is 1.58 bits per heavy atom. The summed E-state index contributed by atoms with van der Waals surface area (Å²) in [6.07, 6.45) is 7.47. The molecule has 1 amide bonds. The lowest BCUT2D eigenvalue weighted by Gasteiger charge is -2.36. The zero-order valence-corrected chi connectivity index (χ0v) is 11.8. The molecule has 2 N–H and O–H groups in total. The van der Waals surface area contributed by atoms with Crippen molar-refractivity contribution in [2.24, 2.45) is 5.41 Å². The number of carbonyl (C=O) groups excluding carboxylic acids is 1. The van der Waals surface area contributed by atoms with Crippen LogP contribution in [0.1, 0.15) is 38.2 Å². The fraction of sp³-hybridized carbons (Fsp3) is 0.600. The van der Waals surface area contributed by atoms with Gasteiger partial charge >= 0.3 is 0 Å². The van der Waals surface area contributed by atoms with Crippen LogP contribution in [-0.4, -0.2) is 24.0 Å². The van der Waals surface area contributed by atoms with Crippen molar-refractivity contribution in [2.75, 3.05) is 18.4 Å². The van der Waals surface area contributed by atoms with Crippen molar-refractivity contribution in [2.45, 2.75) is 39.5 Å². The van der Waals surface area contributed by atoms with Gasteiger partial charge in [0.05, 0.1) is 17.3 Å². The zero-order chi connectivity index (χ0) is 13.7. The molecule has 1 atom stereocenters. The highest BCUT2D eigenvalue weighted by Gasteiger charge is 2.38. The first-order valence-corrected chi connectivity index (χ1v) is 7.11. The Labute approximate surface area is 115 Å². The molecule has 2 rings (SSSR count). The molecule has 0 radical (unpaired) electrons. The maximum atomic E-state index is 12.7. The van der Waals surface area contributed by atoms with E-state index in [0.717, 1.165) is 50.0 Å². The lowest BCUT2D eigenvalue weighted by molar-refractivity contribution is -0.127. The van der Waals surface area contributed by atoms with E-state index in [1.165, 1.54) is 0 Å². The van der Waals surface area contributed by atoms with Crippen LogP contribution in [-0.2, 0) is 4.79 Å². The first-order chi connectivity index (χ1) is 9.18. The lowest BCUT2D eigenvalue weighted by atomic mass is 9.76. The predicted octanol–water partition coefficient (Wildman–Crippen LogP) is 2.50. The molecule has 0 spiro atoms. The van der Waals surface area contributed by atoms with Crippen molar-refractivity contribution in [1.29, 1.82) is 0 Å². The fourth-order valence-corrected chi connectivity index (χ4v) is 2.82. The second-order valence-electron chi connectivity index (χ2n) is 5.46. The molecule has 0 aliphatic carbocycles. The molecular weight excluding hydrogens is 238 g/mol. The van der Waals surface area contributed by atoms with E-state index in [1.54, 1.807) is 12.4 Å². The Morgan fingerprint density at radius 3 is 3.05 bits per heavy atom. The SMILES string of the molecule is CCCC1(C(=O)Nc2cnccc2C)CCCNC1. The molecule has 0 bridgehead atoms. The van der Waals surface area contributed by atoms with Crippen LogP contribution in [0.15, 0.2) is 18.5 Å². The molecule has 1 aromatic rings. The van der Waals surface area contributed by atoms with Crippen molar-refractivity contribution in [3.05, 3.63) is 24.0 Å². The molecule has 1 fully saturated rings. The van der Waals surface area contributed by atoms with Gasteiger partial charge in [0.15, 0.2) is 0 Å². The number of aromatic nitrogens is 1. The molecule has 1 aromatic heterocycles. The van der Waals surface area contributed by atoms with Crippen LogP contribution in [0.3, 0.4) is 0 Å². The maximum Gasteiger partial charge on any atom is 0.231 e. The molecule has 19 heavy (non-hydrogen) atoms. The number of hydrogen-bond donors (Lipinski definition) is 2. The van der Waals surface area contributed by atoms with E-state index in [4.69, 9.17) is 0 Å². The van der Waals surface area contributed by atoms with Gasteiger partial charge in [0, 0.05) is 12.7 Å². The fourth-order valence-electron chi connectivity index (χ4n) is 2.82. The van der Waals surface area contributed by atoms with E-state index in [9.17, 15) is 4.79 Å². The summed E-state index contributed by atoms with van der Waals surface area (Å²) in [6.45, 7) is 5.93. The van der Waals surface area contributed by atoms with Gasteiger partial charge in [-0.1, -0.05) is 13.3 Å². The number of rotatable bonds is 4. The van der Waals surface area contributed by atoms with Crippen LogP contribution < -0.4 is 10.6 Å². The second kappa shape index (κ2) is 6.15. The molecule has 0 saturated carbocycles. The average molecular weight is 261 g/mol. The highest BCUT2D eigenvalue weighted by Crippen LogP contribution is 2.33. The van der Waals surface area contributed by atoms with E-state index >= 15 is 0 Å². The minimum Gasteiger partial charge on any atom is -0.324 e. The van der Waals surface area contributed by atoms with Crippen molar-refractivity contribution in [3.63, 3.8) is 0 Å². The number of piperidine rings is 1. The maximum absolute atomic E-state index is 12.7. The summed E-state index contributed by atoms with van der Waals surface area (Å²) in [6, 6.07) is 1.92. The second-order valence-corrected chi connectivity index (χ2v) is 5.46. The largest absolute Gasteiger partial charge is 0.324 e. The minimum atomic E-state index is -0.255.